The van der Waals surface area contributed by atoms with Gasteiger partial charge in [-0.2, -0.15) is 0 Å². The minimum atomic E-state index is 0.172. The van der Waals surface area contributed by atoms with Gasteiger partial charge in [-0.15, -0.1) is 11.6 Å². The number of hydrogen-bond donors (Lipinski definition) is 0. The fourth-order valence-electron chi connectivity index (χ4n) is 4.68. The average molecular weight is 285 g/mol. The Morgan fingerprint density at radius 2 is 1.84 bits per heavy atom. The Morgan fingerprint density at radius 3 is 2.58 bits per heavy atom. The minimum Gasteiger partial charge on any atom is -0.119 e. The molecule has 0 spiro atoms. The van der Waals surface area contributed by atoms with Gasteiger partial charge in [-0.1, -0.05) is 52.4 Å². The van der Waals surface area contributed by atoms with E-state index in [1.807, 2.05) is 0 Å². The second kappa shape index (κ2) is 7.34. The highest BCUT2D eigenvalue weighted by Gasteiger charge is 2.41. The number of alkyl halides is 1. The van der Waals surface area contributed by atoms with E-state index in [1.165, 1.54) is 77.0 Å². The molecular formula is C18H33Cl. The van der Waals surface area contributed by atoms with Crippen LogP contribution >= 0.6 is 11.6 Å². The summed E-state index contributed by atoms with van der Waals surface area (Å²) in [5.74, 6) is 3.02. The van der Waals surface area contributed by atoms with Crippen LogP contribution in [0.1, 0.15) is 90.9 Å². The molecule has 2 fully saturated rings. The van der Waals surface area contributed by atoms with Crippen molar-refractivity contribution in [1.29, 1.82) is 0 Å². The van der Waals surface area contributed by atoms with Gasteiger partial charge >= 0.3 is 0 Å². The van der Waals surface area contributed by atoms with E-state index in [-0.39, 0.29) is 4.87 Å². The lowest BCUT2D eigenvalue weighted by atomic mass is 9.63. The van der Waals surface area contributed by atoms with Crippen molar-refractivity contribution in [2.75, 3.05) is 0 Å². The summed E-state index contributed by atoms with van der Waals surface area (Å²) in [4.78, 5) is 0.172. The largest absolute Gasteiger partial charge is 0.119 e. The zero-order chi connectivity index (χ0) is 13.7. The van der Waals surface area contributed by atoms with Crippen LogP contribution in [0.15, 0.2) is 0 Å². The number of unbranched alkanes of at least 4 members (excludes halogenated alkanes) is 2. The fourth-order valence-corrected chi connectivity index (χ4v) is 5.18. The third-order valence-corrected chi connectivity index (χ3v) is 6.29. The Labute approximate surface area is 125 Å². The molecule has 0 aromatic carbocycles. The summed E-state index contributed by atoms with van der Waals surface area (Å²) in [6.45, 7) is 4.59. The first-order valence-corrected chi connectivity index (χ1v) is 9.23. The van der Waals surface area contributed by atoms with E-state index in [4.69, 9.17) is 11.6 Å². The zero-order valence-corrected chi connectivity index (χ0v) is 13.9. The molecule has 0 bridgehead atoms. The van der Waals surface area contributed by atoms with Crippen molar-refractivity contribution >= 4 is 11.6 Å². The maximum absolute atomic E-state index is 6.83. The molecular weight excluding hydrogens is 252 g/mol. The quantitative estimate of drug-likeness (QED) is 0.383. The Bertz CT molecular complexity index is 262. The molecule has 112 valence electrons. The first-order valence-electron chi connectivity index (χ1n) is 8.85. The van der Waals surface area contributed by atoms with E-state index in [2.05, 4.69) is 13.8 Å². The summed E-state index contributed by atoms with van der Waals surface area (Å²) in [7, 11) is 0. The molecule has 2 rings (SSSR count). The predicted octanol–water partition coefficient (Wildman–Crippen LogP) is 6.56. The van der Waals surface area contributed by atoms with Crippen molar-refractivity contribution in [3.8, 4) is 0 Å². The molecule has 2 aliphatic carbocycles. The van der Waals surface area contributed by atoms with Gasteiger partial charge < -0.3 is 0 Å². The van der Waals surface area contributed by atoms with Gasteiger partial charge in [0.05, 0.1) is 0 Å². The van der Waals surface area contributed by atoms with Crippen molar-refractivity contribution in [3.05, 3.63) is 0 Å². The zero-order valence-electron chi connectivity index (χ0n) is 13.1. The fraction of sp³-hybridized carbons (Fsp3) is 1.00. The van der Waals surface area contributed by atoms with Crippen LogP contribution < -0.4 is 0 Å². The molecule has 0 aromatic rings. The Balaban J connectivity index is 1.78. The van der Waals surface area contributed by atoms with Crippen LogP contribution in [0, 0.1) is 17.8 Å². The normalized spacial score (nSPS) is 39.0. The van der Waals surface area contributed by atoms with Gasteiger partial charge in [0.25, 0.3) is 0 Å². The molecule has 0 heterocycles. The number of rotatable bonds is 6. The van der Waals surface area contributed by atoms with E-state index in [9.17, 15) is 0 Å². The van der Waals surface area contributed by atoms with Gasteiger partial charge in [-0.25, -0.2) is 0 Å². The molecule has 2 aliphatic rings. The van der Waals surface area contributed by atoms with Crippen LogP contribution in [0.4, 0.5) is 0 Å². The Hall–Kier alpha value is 0.290. The highest BCUT2D eigenvalue weighted by molar-refractivity contribution is 6.24. The summed E-state index contributed by atoms with van der Waals surface area (Å²) in [6.07, 6.45) is 16.7. The Kier molecular flexibility index (Phi) is 6.06. The molecule has 0 aromatic heterocycles. The minimum absolute atomic E-state index is 0.172. The third kappa shape index (κ3) is 4.38. The van der Waals surface area contributed by atoms with Crippen molar-refractivity contribution < 1.29 is 0 Å². The molecule has 1 heteroatoms. The highest BCUT2D eigenvalue weighted by Crippen LogP contribution is 2.50. The average Bonchev–Trinajstić information content (AvgIpc) is 2.39. The van der Waals surface area contributed by atoms with Gasteiger partial charge in [-0.3, -0.25) is 0 Å². The molecule has 19 heavy (non-hydrogen) atoms. The van der Waals surface area contributed by atoms with Gasteiger partial charge in [0.2, 0.25) is 0 Å². The van der Waals surface area contributed by atoms with Crippen LogP contribution in [0.25, 0.3) is 0 Å². The van der Waals surface area contributed by atoms with Crippen LogP contribution in [-0.4, -0.2) is 4.87 Å². The molecule has 0 N–H and O–H groups in total. The van der Waals surface area contributed by atoms with Crippen LogP contribution in [0.2, 0.25) is 0 Å². The van der Waals surface area contributed by atoms with Gasteiger partial charge in [0, 0.05) is 4.87 Å². The van der Waals surface area contributed by atoms with Gasteiger partial charge in [-0.05, 0) is 56.3 Å². The van der Waals surface area contributed by atoms with Crippen molar-refractivity contribution in [2.24, 2.45) is 17.8 Å². The summed E-state index contributed by atoms with van der Waals surface area (Å²) in [6, 6.07) is 0. The molecule has 0 saturated heterocycles. The van der Waals surface area contributed by atoms with E-state index in [0.717, 1.165) is 17.8 Å². The maximum Gasteiger partial charge on any atom is 0.0449 e. The third-order valence-electron chi connectivity index (χ3n) is 5.75. The summed E-state index contributed by atoms with van der Waals surface area (Å²) >= 11 is 6.83. The van der Waals surface area contributed by atoms with E-state index in [1.54, 1.807) is 0 Å². The van der Waals surface area contributed by atoms with Crippen LogP contribution in [0.5, 0.6) is 0 Å². The van der Waals surface area contributed by atoms with Crippen LogP contribution in [0.3, 0.4) is 0 Å². The second-order valence-electron chi connectivity index (χ2n) is 7.34. The van der Waals surface area contributed by atoms with Crippen molar-refractivity contribution in [3.63, 3.8) is 0 Å². The van der Waals surface area contributed by atoms with Crippen LogP contribution in [-0.2, 0) is 0 Å². The SMILES string of the molecule is CCCCCC1CCC2C[C@](Cl)(CCC)CC[C@@H]2C1. The first-order chi connectivity index (χ1) is 9.17. The lowest BCUT2D eigenvalue weighted by Gasteiger charge is -2.45. The van der Waals surface area contributed by atoms with Gasteiger partial charge in [0.15, 0.2) is 0 Å². The topological polar surface area (TPSA) is 0 Å². The lowest BCUT2D eigenvalue weighted by molar-refractivity contribution is 0.100. The molecule has 0 aliphatic heterocycles. The van der Waals surface area contributed by atoms with Crippen molar-refractivity contribution in [2.45, 2.75) is 95.8 Å². The molecule has 4 atom stereocenters. The first kappa shape index (κ1) is 15.7. The second-order valence-corrected chi connectivity index (χ2v) is 8.14. The van der Waals surface area contributed by atoms with E-state index >= 15 is 0 Å². The standard InChI is InChI=1S/C18H33Cl/c1-3-5-6-7-15-8-9-17-14-18(19,11-4-2)12-10-16(17)13-15/h15-17H,3-14H2,1-2H3/t15?,16-,17?,18+/m1/s1. The summed E-state index contributed by atoms with van der Waals surface area (Å²) < 4.78 is 0. The maximum atomic E-state index is 6.83. The van der Waals surface area contributed by atoms with E-state index in [0.29, 0.717) is 0 Å². The molecule has 0 nitrogen and oxygen atoms in total. The number of hydrogen-bond acceptors (Lipinski definition) is 0. The van der Waals surface area contributed by atoms with Gasteiger partial charge in [0.1, 0.15) is 0 Å². The molecule has 2 saturated carbocycles. The van der Waals surface area contributed by atoms with E-state index < -0.39 is 0 Å². The Morgan fingerprint density at radius 1 is 1.00 bits per heavy atom. The predicted molar refractivity (Wildman–Crippen MR) is 85.8 cm³/mol. The number of fused-ring (bicyclic) bond motifs is 1. The smallest absolute Gasteiger partial charge is 0.0449 e. The molecule has 0 radical (unpaired) electrons. The summed E-state index contributed by atoms with van der Waals surface area (Å²) in [5, 5.41) is 0. The molecule has 2 unspecified atom stereocenters. The monoisotopic (exact) mass is 284 g/mol. The molecule has 0 amide bonds. The number of halogens is 1. The van der Waals surface area contributed by atoms with Crippen molar-refractivity contribution in [1.82, 2.24) is 0 Å². The highest BCUT2D eigenvalue weighted by atomic mass is 35.5. The lowest BCUT2D eigenvalue weighted by Crippen LogP contribution is -2.38. The summed E-state index contributed by atoms with van der Waals surface area (Å²) in [5.41, 5.74) is 0.